The number of nitrogens with zero attached hydrogens (tertiary/aromatic N) is 3. The maximum absolute atomic E-state index is 12.2. The first-order valence-electron chi connectivity index (χ1n) is 10.6. The molecule has 0 spiro atoms. The predicted molar refractivity (Wildman–Crippen MR) is 132 cm³/mol. The van der Waals surface area contributed by atoms with Crippen molar-refractivity contribution in [3.63, 3.8) is 0 Å². The van der Waals surface area contributed by atoms with Crippen molar-refractivity contribution in [2.24, 2.45) is 11.5 Å². The summed E-state index contributed by atoms with van der Waals surface area (Å²) in [6.45, 7) is 0.420. The summed E-state index contributed by atoms with van der Waals surface area (Å²) in [5.74, 6) is 1.42. The minimum absolute atomic E-state index is 0.228. The summed E-state index contributed by atoms with van der Waals surface area (Å²) < 4.78 is 12.6. The number of pyridine rings is 1. The second kappa shape index (κ2) is 9.98. The summed E-state index contributed by atoms with van der Waals surface area (Å²) in [4.78, 5) is 21.3. The lowest BCUT2D eigenvalue weighted by Crippen LogP contribution is -2.21. The fourth-order valence-corrected chi connectivity index (χ4v) is 3.99. The molecule has 4 rings (SSSR count). The van der Waals surface area contributed by atoms with Crippen LogP contribution in [0.15, 0.2) is 54.9 Å². The number of nitrogens with one attached hydrogen (secondary N) is 1. The summed E-state index contributed by atoms with van der Waals surface area (Å²) in [6, 6.07) is 14.2. The molecule has 5 N–H and O–H groups in total. The minimum Gasteiger partial charge on any atom is -0.493 e. The zero-order valence-corrected chi connectivity index (χ0v) is 19.5. The molecule has 1 unspecified atom stereocenters. The van der Waals surface area contributed by atoms with Crippen molar-refractivity contribution in [2.45, 2.75) is 12.5 Å². The Morgan fingerprint density at radius 1 is 1.15 bits per heavy atom. The van der Waals surface area contributed by atoms with Crippen LogP contribution in [-0.4, -0.2) is 41.2 Å². The quantitative estimate of drug-likeness (QED) is 0.333. The van der Waals surface area contributed by atoms with E-state index < -0.39 is 5.91 Å². The number of amides is 1. The Morgan fingerprint density at radius 2 is 1.91 bits per heavy atom. The number of imidazole rings is 1. The normalized spacial score (nSPS) is 11.9. The number of ether oxygens (including phenoxy) is 2. The van der Waals surface area contributed by atoms with Gasteiger partial charge in [0.15, 0.2) is 11.5 Å². The number of anilines is 1. The Kier molecular flexibility index (Phi) is 6.85. The molecule has 1 atom stereocenters. The van der Waals surface area contributed by atoms with Crippen molar-refractivity contribution >= 4 is 34.4 Å². The summed E-state index contributed by atoms with van der Waals surface area (Å²) in [5.41, 5.74) is 14.1. The number of halogens is 1. The molecule has 2 heterocycles. The molecule has 10 heteroatoms. The molecule has 0 bridgehead atoms. The Balaban J connectivity index is 1.79. The van der Waals surface area contributed by atoms with Crippen LogP contribution in [-0.2, 0) is 0 Å². The standard InChI is InChI=1S/C24H25ClN6O3/c1-33-20-11-18-19(12-21(20)34-2)31(13-28-18)22-7-6-16(23(27)32)24(30-22)29-17(8-9-26)14-4-3-5-15(25)10-14/h3-7,10-13,17H,8-9,26H2,1-2H3,(H2,27,32)(H,29,30). The van der Waals surface area contributed by atoms with E-state index in [9.17, 15) is 4.79 Å². The van der Waals surface area contributed by atoms with Crippen LogP contribution in [0.3, 0.4) is 0 Å². The maximum atomic E-state index is 12.2. The lowest BCUT2D eigenvalue weighted by molar-refractivity contribution is 0.100. The first-order valence-corrected chi connectivity index (χ1v) is 10.9. The van der Waals surface area contributed by atoms with Gasteiger partial charge in [-0.15, -0.1) is 0 Å². The molecular weight excluding hydrogens is 456 g/mol. The summed E-state index contributed by atoms with van der Waals surface area (Å²) in [6.07, 6.45) is 2.24. The van der Waals surface area contributed by atoms with Gasteiger partial charge in [0.1, 0.15) is 18.0 Å². The van der Waals surface area contributed by atoms with E-state index in [-0.39, 0.29) is 11.6 Å². The number of hydrogen-bond donors (Lipinski definition) is 3. The van der Waals surface area contributed by atoms with Gasteiger partial charge >= 0.3 is 0 Å². The molecule has 2 aromatic heterocycles. The molecule has 1 amide bonds. The molecule has 176 valence electrons. The molecule has 0 radical (unpaired) electrons. The number of fused-ring (bicyclic) bond motifs is 1. The van der Waals surface area contributed by atoms with Crippen molar-refractivity contribution in [1.29, 1.82) is 0 Å². The number of benzene rings is 2. The molecule has 34 heavy (non-hydrogen) atoms. The van der Waals surface area contributed by atoms with Gasteiger partial charge in [0.05, 0.1) is 36.9 Å². The van der Waals surface area contributed by atoms with E-state index in [0.29, 0.717) is 46.6 Å². The first-order chi connectivity index (χ1) is 16.4. The second-order valence-corrected chi connectivity index (χ2v) is 8.01. The monoisotopic (exact) mass is 480 g/mol. The second-order valence-electron chi connectivity index (χ2n) is 7.57. The molecule has 0 aliphatic carbocycles. The minimum atomic E-state index is -0.596. The molecule has 0 saturated carbocycles. The largest absolute Gasteiger partial charge is 0.493 e. The van der Waals surface area contributed by atoms with Gasteiger partial charge in [0.25, 0.3) is 5.91 Å². The molecule has 2 aromatic carbocycles. The molecule has 0 fully saturated rings. The van der Waals surface area contributed by atoms with E-state index >= 15 is 0 Å². The number of aromatic nitrogens is 3. The van der Waals surface area contributed by atoms with Crippen LogP contribution in [0.1, 0.15) is 28.4 Å². The van der Waals surface area contributed by atoms with E-state index in [1.807, 2.05) is 24.3 Å². The lowest BCUT2D eigenvalue weighted by Gasteiger charge is -2.21. The summed E-state index contributed by atoms with van der Waals surface area (Å²) >= 11 is 6.19. The summed E-state index contributed by atoms with van der Waals surface area (Å²) in [7, 11) is 3.14. The fourth-order valence-electron chi connectivity index (χ4n) is 3.79. The van der Waals surface area contributed by atoms with Gasteiger partial charge in [-0.1, -0.05) is 23.7 Å². The van der Waals surface area contributed by atoms with Crippen LogP contribution in [0.4, 0.5) is 5.82 Å². The number of primary amides is 1. The van der Waals surface area contributed by atoms with Crippen LogP contribution in [0.25, 0.3) is 16.9 Å². The molecule has 0 aliphatic rings. The van der Waals surface area contributed by atoms with E-state index in [0.717, 1.165) is 11.1 Å². The van der Waals surface area contributed by atoms with Crippen molar-refractivity contribution < 1.29 is 14.3 Å². The van der Waals surface area contributed by atoms with Gasteiger partial charge < -0.3 is 26.3 Å². The Hall–Kier alpha value is -3.82. The fraction of sp³-hybridized carbons (Fsp3) is 0.208. The van der Waals surface area contributed by atoms with Crippen LogP contribution >= 0.6 is 11.6 Å². The third kappa shape index (κ3) is 4.61. The Labute approximate surface area is 201 Å². The number of carbonyl (C=O) groups is 1. The van der Waals surface area contributed by atoms with E-state index in [1.165, 1.54) is 0 Å². The Morgan fingerprint density at radius 3 is 2.59 bits per heavy atom. The average Bonchev–Trinajstić information content (AvgIpc) is 3.25. The highest BCUT2D eigenvalue weighted by molar-refractivity contribution is 6.30. The van der Waals surface area contributed by atoms with E-state index in [2.05, 4.69) is 10.3 Å². The highest BCUT2D eigenvalue weighted by atomic mass is 35.5. The third-order valence-corrected chi connectivity index (χ3v) is 5.70. The van der Waals surface area contributed by atoms with Gasteiger partial charge in [-0.05, 0) is 42.8 Å². The van der Waals surface area contributed by atoms with Crippen molar-refractivity contribution in [3.8, 4) is 17.3 Å². The summed E-state index contributed by atoms with van der Waals surface area (Å²) in [5, 5.41) is 3.94. The van der Waals surface area contributed by atoms with Crippen LogP contribution < -0.4 is 26.3 Å². The molecule has 0 aliphatic heterocycles. The van der Waals surface area contributed by atoms with Crippen molar-refractivity contribution in [2.75, 3.05) is 26.1 Å². The number of methoxy groups -OCH3 is 2. The van der Waals surface area contributed by atoms with E-state index in [1.54, 1.807) is 49.4 Å². The molecule has 9 nitrogen and oxygen atoms in total. The van der Waals surface area contributed by atoms with Crippen LogP contribution in [0.2, 0.25) is 5.02 Å². The molecular formula is C24H25ClN6O3. The topological polar surface area (TPSA) is 130 Å². The third-order valence-electron chi connectivity index (χ3n) is 5.46. The van der Waals surface area contributed by atoms with Gasteiger partial charge in [-0.3, -0.25) is 9.36 Å². The molecule has 0 saturated heterocycles. The zero-order chi connectivity index (χ0) is 24.2. The van der Waals surface area contributed by atoms with Gasteiger partial charge in [0.2, 0.25) is 0 Å². The smallest absolute Gasteiger partial charge is 0.252 e. The number of rotatable bonds is 9. The van der Waals surface area contributed by atoms with Crippen LogP contribution in [0, 0.1) is 0 Å². The predicted octanol–water partition coefficient (Wildman–Crippen LogP) is 3.69. The first kappa shape index (κ1) is 23.3. The maximum Gasteiger partial charge on any atom is 0.252 e. The van der Waals surface area contributed by atoms with Crippen molar-refractivity contribution in [3.05, 3.63) is 71.0 Å². The number of nitrogens with two attached hydrogens (primary N) is 2. The van der Waals surface area contributed by atoms with Gasteiger partial charge in [-0.25, -0.2) is 9.97 Å². The highest BCUT2D eigenvalue weighted by Gasteiger charge is 2.19. The number of carbonyl (C=O) groups excluding carboxylic acids is 1. The van der Waals surface area contributed by atoms with E-state index in [4.69, 9.17) is 37.5 Å². The van der Waals surface area contributed by atoms with Gasteiger partial charge in [-0.2, -0.15) is 0 Å². The average molecular weight is 481 g/mol. The van der Waals surface area contributed by atoms with Crippen molar-refractivity contribution in [1.82, 2.24) is 14.5 Å². The number of hydrogen-bond acceptors (Lipinski definition) is 7. The lowest BCUT2D eigenvalue weighted by atomic mass is 10.0. The van der Waals surface area contributed by atoms with Crippen LogP contribution in [0.5, 0.6) is 11.5 Å². The van der Waals surface area contributed by atoms with Gasteiger partial charge in [0, 0.05) is 17.2 Å². The zero-order valence-electron chi connectivity index (χ0n) is 18.8. The molecule has 4 aromatic rings. The SMILES string of the molecule is COc1cc2ncn(-c3ccc(C(N)=O)c(NC(CCN)c4cccc(Cl)c4)n3)c2cc1OC. The Bertz CT molecular complexity index is 1340. The highest BCUT2D eigenvalue weighted by Crippen LogP contribution is 2.33.